The van der Waals surface area contributed by atoms with Crippen LogP contribution in [0.5, 0.6) is 0 Å². The summed E-state index contributed by atoms with van der Waals surface area (Å²) in [6.45, 7) is 38.4. The molecule has 0 fully saturated rings. The van der Waals surface area contributed by atoms with Crippen molar-refractivity contribution in [2.24, 2.45) is 11.7 Å². The van der Waals surface area contributed by atoms with Crippen LogP contribution in [0, 0.1) is 5.92 Å². The van der Waals surface area contributed by atoms with Crippen LogP contribution < -0.4 is 16.4 Å². The number of carbonyl (C=O) groups is 2. The molecule has 0 saturated heterocycles. The van der Waals surface area contributed by atoms with Crippen molar-refractivity contribution in [3.63, 3.8) is 0 Å². The van der Waals surface area contributed by atoms with Gasteiger partial charge in [-0.2, -0.15) is 25.3 Å². The number of aliphatic hydroxyl groups excluding tert-OH is 1. The third kappa shape index (κ3) is 96.8. The van der Waals surface area contributed by atoms with Crippen LogP contribution in [0.1, 0.15) is 210 Å². The minimum absolute atomic E-state index is 0.260. The molecule has 0 aromatic heterocycles. The molecule has 65 heavy (non-hydrogen) atoms. The molecule has 12 heteroatoms. The molecule has 0 aromatic rings. The highest BCUT2D eigenvalue weighted by atomic mass is 32.1. The van der Waals surface area contributed by atoms with Gasteiger partial charge in [-0.05, 0) is 69.6 Å². The second-order valence-electron chi connectivity index (χ2n) is 14.2. The number of rotatable bonds is 40. The van der Waals surface area contributed by atoms with Crippen LogP contribution in [-0.2, 0) is 23.8 Å². The SMILES string of the molecule is C=C(COCCOCCC)NCCCCS.C=C(O)CCCCCCCCCCCCCCCCC(CCC(=C)NCCOCCC)C(=O)O.C=CN.CC.CC.CC.CCC=O.CS. The molecule has 0 saturated carbocycles. The molecule has 0 amide bonds. The smallest absolute Gasteiger partial charge is 0.306 e. The Kier molecular flexibility index (Phi) is 105. The van der Waals surface area contributed by atoms with E-state index in [0.717, 1.165) is 108 Å². The van der Waals surface area contributed by atoms with E-state index < -0.39 is 5.97 Å². The standard InChI is InChI=1S/C29H55NO4.C12H25NO2S.C3H6O.C2H5N.3C2H6.CH4S/c1-4-24-34-25-23-30-26(2)21-22-28(29(32)33)20-18-16-14-12-10-8-6-5-7-9-11-13-15-17-19-27(3)31;1-3-7-14-8-9-15-11-12(2)13-6-4-5-10-16;1-2-3-4;1-2-3;4*1-2/h28,30-31H,2-25H2,1H3,(H,32,33);13,16H,2-11H2,1H3;3H,2H2,1H3;2H,1,3H2;3*1-2H3;2H,1H3. The van der Waals surface area contributed by atoms with Crippen LogP contribution >= 0.6 is 25.3 Å². The first-order valence-corrected chi connectivity index (χ1v) is 27.1. The summed E-state index contributed by atoms with van der Waals surface area (Å²) in [7, 11) is 0. The van der Waals surface area contributed by atoms with Gasteiger partial charge in [0.1, 0.15) is 6.29 Å². The summed E-state index contributed by atoms with van der Waals surface area (Å²) in [5, 5.41) is 25.0. The third-order valence-corrected chi connectivity index (χ3v) is 8.82. The second kappa shape index (κ2) is 85.2. The van der Waals surface area contributed by atoms with E-state index in [1.165, 1.54) is 76.8 Å². The number of carbonyl (C=O) groups excluding carboxylic acids is 1. The summed E-state index contributed by atoms with van der Waals surface area (Å²) in [6, 6.07) is 0. The molecular weight excluding hydrogens is 855 g/mol. The average molecular weight is 969 g/mol. The first-order chi connectivity index (χ1) is 31.6. The highest BCUT2D eigenvalue weighted by molar-refractivity contribution is 7.80. The lowest BCUT2D eigenvalue weighted by molar-refractivity contribution is -0.142. The summed E-state index contributed by atoms with van der Waals surface area (Å²) in [6.07, 6.45) is 29.2. The highest BCUT2D eigenvalue weighted by Crippen LogP contribution is 2.19. The van der Waals surface area contributed by atoms with E-state index in [0.29, 0.717) is 51.4 Å². The third-order valence-electron chi connectivity index (χ3n) is 8.50. The lowest BCUT2D eigenvalue weighted by atomic mass is 9.95. The molecule has 0 aliphatic heterocycles. The van der Waals surface area contributed by atoms with Gasteiger partial charge in [-0.3, -0.25) is 4.79 Å². The number of aliphatic carboxylic acids is 1. The van der Waals surface area contributed by atoms with E-state index in [9.17, 15) is 14.7 Å². The van der Waals surface area contributed by atoms with E-state index in [1.54, 1.807) is 6.26 Å². The predicted molar refractivity (Wildman–Crippen MR) is 296 cm³/mol. The fraction of sp³-hybridized carbons (Fsp3) is 0.811. The molecular formula is C53H113N3O7S2. The molecule has 0 spiro atoms. The number of carboxylic acids is 1. The average Bonchev–Trinajstić information content (AvgIpc) is 3.32. The maximum absolute atomic E-state index is 11.6. The normalized spacial score (nSPS) is 9.72. The molecule has 0 radical (unpaired) electrons. The Morgan fingerprint density at radius 3 is 1.40 bits per heavy atom. The summed E-state index contributed by atoms with van der Waals surface area (Å²) in [5.74, 6) is 0.331. The molecule has 1 atom stereocenters. The van der Waals surface area contributed by atoms with Crippen LogP contribution in [0.25, 0.3) is 0 Å². The van der Waals surface area contributed by atoms with E-state index in [-0.39, 0.29) is 5.92 Å². The number of aliphatic hydroxyl groups is 1. The Hall–Kier alpha value is -2.12. The largest absolute Gasteiger partial charge is 0.513 e. The highest BCUT2D eigenvalue weighted by Gasteiger charge is 2.17. The van der Waals surface area contributed by atoms with Gasteiger partial charge >= 0.3 is 5.97 Å². The minimum Gasteiger partial charge on any atom is -0.513 e. The van der Waals surface area contributed by atoms with Crippen molar-refractivity contribution >= 4 is 37.5 Å². The summed E-state index contributed by atoms with van der Waals surface area (Å²) >= 11 is 7.68. The Bertz CT molecular complexity index is 900. The molecule has 394 valence electrons. The predicted octanol–water partition coefficient (Wildman–Crippen LogP) is 14.9. The van der Waals surface area contributed by atoms with Gasteiger partial charge in [0.25, 0.3) is 0 Å². The van der Waals surface area contributed by atoms with Crippen molar-refractivity contribution in [3.05, 3.63) is 49.7 Å². The molecule has 1 unspecified atom stereocenters. The van der Waals surface area contributed by atoms with Crippen LogP contribution in [0.4, 0.5) is 0 Å². The second-order valence-corrected chi connectivity index (χ2v) is 14.7. The monoisotopic (exact) mass is 968 g/mol. The molecule has 10 nitrogen and oxygen atoms in total. The summed E-state index contributed by atoms with van der Waals surface area (Å²) in [5.41, 5.74) is 6.46. The van der Waals surface area contributed by atoms with Crippen molar-refractivity contribution in [3.8, 4) is 0 Å². The number of allylic oxidation sites excluding steroid dienone is 2. The molecule has 0 aromatic carbocycles. The van der Waals surface area contributed by atoms with Crippen molar-refractivity contribution in [2.75, 3.05) is 64.7 Å². The van der Waals surface area contributed by atoms with Gasteiger partial charge in [-0.25, -0.2) is 0 Å². The van der Waals surface area contributed by atoms with E-state index in [2.05, 4.69) is 81.8 Å². The number of ether oxygens (including phenoxy) is 3. The van der Waals surface area contributed by atoms with Gasteiger partial charge in [0.15, 0.2) is 0 Å². The van der Waals surface area contributed by atoms with Gasteiger partial charge in [0, 0.05) is 50.5 Å². The Morgan fingerprint density at radius 1 is 0.600 bits per heavy atom. The van der Waals surface area contributed by atoms with Crippen molar-refractivity contribution in [2.45, 2.75) is 210 Å². The van der Waals surface area contributed by atoms with E-state index in [4.69, 9.17) is 19.3 Å². The van der Waals surface area contributed by atoms with Crippen LogP contribution in [0.2, 0.25) is 0 Å². The lowest BCUT2D eigenvalue weighted by Crippen LogP contribution is -2.20. The van der Waals surface area contributed by atoms with Crippen molar-refractivity contribution in [1.82, 2.24) is 10.6 Å². The molecule has 0 heterocycles. The van der Waals surface area contributed by atoms with Gasteiger partial charge < -0.3 is 45.6 Å². The van der Waals surface area contributed by atoms with E-state index >= 15 is 0 Å². The zero-order valence-corrected chi connectivity index (χ0v) is 46.4. The van der Waals surface area contributed by atoms with E-state index in [1.807, 2.05) is 48.5 Å². The van der Waals surface area contributed by atoms with Crippen LogP contribution in [-0.4, -0.2) is 87.2 Å². The lowest BCUT2D eigenvalue weighted by Gasteiger charge is -2.14. The van der Waals surface area contributed by atoms with Crippen molar-refractivity contribution < 1.29 is 34.0 Å². The minimum atomic E-state index is -0.671. The Morgan fingerprint density at radius 2 is 1.00 bits per heavy atom. The van der Waals surface area contributed by atoms with Crippen molar-refractivity contribution in [1.29, 1.82) is 0 Å². The summed E-state index contributed by atoms with van der Waals surface area (Å²) in [4.78, 5) is 20.7. The number of nitrogens with two attached hydrogens (primary N) is 1. The number of aldehydes is 1. The Balaban J connectivity index is -0.000000144. The number of hydrogen-bond acceptors (Lipinski definition) is 11. The van der Waals surface area contributed by atoms with Crippen LogP contribution in [0.3, 0.4) is 0 Å². The molecule has 0 rings (SSSR count). The van der Waals surface area contributed by atoms with Gasteiger partial charge in [-0.1, -0.05) is 172 Å². The first kappa shape index (κ1) is 79.9. The quantitative estimate of drug-likeness (QED) is 0.0137. The van der Waals surface area contributed by atoms with Gasteiger partial charge in [0.05, 0.1) is 38.1 Å². The number of unbranched alkanes of at least 4 members (excludes halogenated alkanes) is 14. The Labute approximate surface area is 416 Å². The topological polar surface area (TPSA) is 152 Å². The number of carboxylic acid groups (broad SMARTS) is 1. The first-order valence-electron chi connectivity index (χ1n) is 25.6. The fourth-order valence-corrected chi connectivity index (χ4v) is 5.55. The molecule has 0 bridgehead atoms. The number of thiol groups is 2. The summed E-state index contributed by atoms with van der Waals surface area (Å²) < 4.78 is 16.1. The fourth-order valence-electron chi connectivity index (χ4n) is 5.33. The zero-order chi connectivity index (χ0) is 51.5. The maximum atomic E-state index is 11.6. The van der Waals surface area contributed by atoms with Crippen LogP contribution in [0.15, 0.2) is 49.7 Å². The molecule has 0 aliphatic carbocycles. The van der Waals surface area contributed by atoms with Gasteiger partial charge in [0.2, 0.25) is 0 Å². The number of hydrogen-bond donors (Lipinski definition) is 7. The number of nitrogens with one attached hydrogen (secondary N) is 2. The maximum Gasteiger partial charge on any atom is 0.306 e. The van der Waals surface area contributed by atoms with Gasteiger partial charge in [-0.15, -0.1) is 0 Å². The molecule has 0 aliphatic rings. The zero-order valence-electron chi connectivity index (χ0n) is 44.6. The molecule has 6 N–H and O–H groups in total.